The summed E-state index contributed by atoms with van der Waals surface area (Å²) in [5.41, 5.74) is 1.40. The van der Waals surface area contributed by atoms with Crippen LogP contribution in [-0.2, 0) is 21.9 Å². The van der Waals surface area contributed by atoms with Crippen molar-refractivity contribution in [2.24, 2.45) is 0 Å². The van der Waals surface area contributed by atoms with E-state index in [0.29, 0.717) is 28.1 Å². The van der Waals surface area contributed by atoms with Crippen molar-refractivity contribution in [3.8, 4) is 5.75 Å². The first-order valence-corrected chi connectivity index (χ1v) is 12.2. The van der Waals surface area contributed by atoms with Gasteiger partial charge in [0.2, 0.25) is 11.8 Å². The molecule has 0 unspecified atom stereocenters. The highest BCUT2D eigenvalue weighted by Gasteiger charge is 2.28. The lowest BCUT2D eigenvalue weighted by Gasteiger charge is -2.31. The van der Waals surface area contributed by atoms with Gasteiger partial charge >= 0.3 is 0 Å². The summed E-state index contributed by atoms with van der Waals surface area (Å²) in [6, 6.07) is 12.2. The smallest absolute Gasteiger partial charge is 0.242 e. The van der Waals surface area contributed by atoms with Gasteiger partial charge in [-0.1, -0.05) is 41.4 Å². The molecule has 2 aromatic rings. The maximum atomic E-state index is 13.2. The van der Waals surface area contributed by atoms with Gasteiger partial charge in [-0.3, -0.25) is 9.59 Å². The van der Waals surface area contributed by atoms with Crippen molar-refractivity contribution in [2.45, 2.75) is 51.6 Å². The summed E-state index contributed by atoms with van der Waals surface area (Å²) in [5.74, 6) is 1.17. The Balaban J connectivity index is 2.14. The van der Waals surface area contributed by atoms with Gasteiger partial charge in [-0.2, -0.15) is 0 Å². The van der Waals surface area contributed by atoms with Gasteiger partial charge in [-0.05, 0) is 63.1 Å². The van der Waals surface area contributed by atoms with Gasteiger partial charge in [0.1, 0.15) is 11.8 Å². The third-order valence-electron chi connectivity index (χ3n) is 4.65. The second-order valence-corrected chi connectivity index (χ2v) is 10.3. The zero-order valence-electron chi connectivity index (χ0n) is 19.1. The molecule has 2 amide bonds. The normalized spacial score (nSPS) is 12.2. The SMILES string of the molecule is COc1cccc(CN(C(=O)CSCc2ccc(Cl)cc2Cl)[C@H](C)C(=O)NC(C)(C)C)c1. The first kappa shape index (κ1) is 26.4. The van der Waals surface area contributed by atoms with E-state index in [1.165, 1.54) is 11.8 Å². The monoisotopic (exact) mass is 496 g/mol. The molecule has 0 aliphatic heterocycles. The summed E-state index contributed by atoms with van der Waals surface area (Å²) in [7, 11) is 1.60. The van der Waals surface area contributed by atoms with Crippen LogP contribution in [0.3, 0.4) is 0 Å². The van der Waals surface area contributed by atoms with Crippen LogP contribution in [0.1, 0.15) is 38.8 Å². The second kappa shape index (κ2) is 11.8. The summed E-state index contributed by atoms with van der Waals surface area (Å²) < 4.78 is 5.30. The average Bonchev–Trinajstić information content (AvgIpc) is 2.72. The largest absolute Gasteiger partial charge is 0.497 e. The fraction of sp³-hybridized carbons (Fsp3) is 0.417. The number of carbonyl (C=O) groups excluding carboxylic acids is 2. The van der Waals surface area contributed by atoms with E-state index in [4.69, 9.17) is 27.9 Å². The molecule has 0 aromatic heterocycles. The number of methoxy groups -OCH3 is 1. The van der Waals surface area contributed by atoms with E-state index in [0.717, 1.165) is 11.1 Å². The standard InChI is InChI=1S/C24H30Cl2N2O3S/c1-16(23(30)27-24(2,3)4)28(13-17-7-6-8-20(11-17)31-5)22(29)15-32-14-18-9-10-19(25)12-21(18)26/h6-12,16H,13-15H2,1-5H3,(H,27,30)/t16-/m1/s1. The van der Waals surface area contributed by atoms with Crippen molar-refractivity contribution in [3.63, 3.8) is 0 Å². The molecule has 0 aliphatic rings. The van der Waals surface area contributed by atoms with Gasteiger partial charge in [0.05, 0.1) is 12.9 Å². The van der Waals surface area contributed by atoms with Crippen molar-refractivity contribution < 1.29 is 14.3 Å². The molecule has 0 spiro atoms. The number of nitrogens with one attached hydrogen (secondary N) is 1. The minimum atomic E-state index is -0.632. The van der Waals surface area contributed by atoms with Crippen LogP contribution < -0.4 is 10.1 Å². The highest BCUT2D eigenvalue weighted by Crippen LogP contribution is 2.25. The Morgan fingerprint density at radius 3 is 2.50 bits per heavy atom. The minimum absolute atomic E-state index is 0.125. The van der Waals surface area contributed by atoms with E-state index in [1.54, 1.807) is 31.1 Å². The predicted octanol–water partition coefficient (Wildman–Crippen LogP) is 5.57. The van der Waals surface area contributed by atoms with E-state index in [2.05, 4.69) is 5.32 Å². The first-order chi connectivity index (χ1) is 15.0. The molecule has 1 atom stereocenters. The number of ether oxygens (including phenoxy) is 1. The fourth-order valence-electron chi connectivity index (χ4n) is 2.99. The molecule has 0 fully saturated rings. The maximum absolute atomic E-state index is 13.2. The van der Waals surface area contributed by atoms with Crippen LogP contribution in [0, 0.1) is 0 Å². The second-order valence-electron chi connectivity index (χ2n) is 8.52. The molecule has 2 aromatic carbocycles. The van der Waals surface area contributed by atoms with Gasteiger partial charge in [0.25, 0.3) is 0 Å². The van der Waals surface area contributed by atoms with Crippen LogP contribution in [0.5, 0.6) is 5.75 Å². The Morgan fingerprint density at radius 1 is 1.16 bits per heavy atom. The van der Waals surface area contributed by atoms with Gasteiger partial charge in [-0.25, -0.2) is 0 Å². The van der Waals surface area contributed by atoms with E-state index < -0.39 is 11.6 Å². The number of halogens is 2. The molecule has 0 bridgehead atoms. The Kier molecular flexibility index (Phi) is 9.74. The van der Waals surface area contributed by atoms with Gasteiger partial charge < -0.3 is 15.0 Å². The molecule has 8 heteroatoms. The Hall–Kier alpha value is -1.89. The topological polar surface area (TPSA) is 58.6 Å². The van der Waals surface area contributed by atoms with Gasteiger partial charge in [-0.15, -0.1) is 11.8 Å². The lowest BCUT2D eigenvalue weighted by molar-refractivity contribution is -0.139. The summed E-state index contributed by atoms with van der Waals surface area (Å²) in [6.07, 6.45) is 0. The number of nitrogens with zero attached hydrogens (tertiary/aromatic N) is 1. The molecule has 32 heavy (non-hydrogen) atoms. The van der Waals surface area contributed by atoms with Crippen molar-refractivity contribution in [1.29, 1.82) is 0 Å². The predicted molar refractivity (Wildman–Crippen MR) is 134 cm³/mol. The van der Waals surface area contributed by atoms with Crippen LogP contribution in [0.15, 0.2) is 42.5 Å². The van der Waals surface area contributed by atoms with Crippen molar-refractivity contribution >= 4 is 46.8 Å². The Labute approximate surface area is 204 Å². The quantitative estimate of drug-likeness (QED) is 0.492. The number of hydrogen-bond donors (Lipinski definition) is 1. The van der Waals surface area contributed by atoms with E-state index in [9.17, 15) is 9.59 Å². The Bertz CT molecular complexity index is 947. The van der Waals surface area contributed by atoms with Crippen LogP contribution >= 0.6 is 35.0 Å². The van der Waals surface area contributed by atoms with E-state index in [-0.39, 0.29) is 17.6 Å². The highest BCUT2D eigenvalue weighted by atomic mass is 35.5. The van der Waals surface area contributed by atoms with Crippen LogP contribution in [0.2, 0.25) is 10.0 Å². The Morgan fingerprint density at radius 2 is 1.88 bits per heavy atom. The van der Waals surface area contributed by atoms with Crippen LogP contribution in [0.25, 0.3) is 0 Å². The number of rotatable bonds is 9. The molecule has 0 aliphatic carbocycles. The molecule has 0 heterocycles. The molecular formula is C24H30Cl2N2O3S. The fourth-order valence-corrected chi connectivity index (χ4v) is 4.46. The molecule has 0 radical (unpaired) electrons. The van der Waals surface area contributed by atoms with Crippen molar-refractivity contribution in [3.05, 3.63) is 63.6 Å². The highest BCUT2D eigenvalue weighted by molar-refractivity contribution is 7.99. The number of amides is 2. The minimum Gasteiger partial charge on any atom is -0.497 e. The summed E-state index contributed by atoms with van der Waals surface area (Å²) in [6.45, 7) is 7.80. The molecule has 0 saturated heterocycles. The molecular weight excluding hydrogens is 467 g/mol. The lowest BCUT2D eigenvalue weighted by atomic mass is 10.1. The van der Waals surface area contributed by atoms with Crippen molar-refractivity contribution in [2.75, 3.05) is 12.9 Å². The summed E-state index contributed by atoms with van der Waals surface area (Å²) in [5, 5.41) is 4.11. The molecule has 2 rings (SSSR count). The maximum Gasteiger partial charge on any atom is 0.242 e. The molecule has 1 N–H and O–H groups in total. The van der Waals surface area contributed by atoms with Crippen molar-refractivity contribution in [1.82, 2.24) is 10.2 Å². The zero-order chi connectivity index (χ0) is 23.9. The number of hydrogen-bond acceptors (Lipinski definition) is 4. The molecule has 174 valence electrons. The van der Waals surface area contributed by atoms with Crippen LogP contribution in [0.4, 0.5) is 0 Å². The van der Waals surface area contributed by atoms with Gasteiger partial charge in [0, 0.05) is 27.9 Å². The van der Waals surface area contributed by atoms with E-state index in [1.807, 2.05) is 51.1 Å². The molecule has 5 nitrogen and oxygen atoms in total. The number of carbonyl (C=O) groups is 2. The summed E-state index contributed by atoms with van der Waals surface area (Å²) in [4.78, 5) is 27.6. The van der Waals surface area contributed by atoms with Gasteiger partial charge in [0.15, 0.2) is 0 Å². The third-order valence-corrected chi connectivity index (χ3v) is 6.20. The average molecular weight is 497 g/mol. The number of thioether (sulfide) groups is 1. The van der Waals surface area contributed by atoms with E-state index >= 15 is 0 Å². The first-order valence-electron chi connectivity index (χ1n) is 10.3. The molecule has 0 saturated carbocycles. The van der Waals surface area contributed by atoms with Crippen LogP contribution in [-0.4, -0.2) is 41.2 Å². The number of benzene rings is 2. The summed E-state index contributed by atoms with van der Waals surface area (Å²) >= 11 is 13.6. The third kappa shape index (κ3) is 8.23. The zero-order valence-corrected chi connectivity index (χ0v) is 21.4. The lowest BCUT2D eigenvalue weighted by Crippen LogP contribution is -2.52.